The molecule has 0 atom stereocenters. The van der Waals surface area contributed by atoms with Crippen LogP contribution in [-0.4, -0.2) is 30.5 Å². The topological polar surface area (TPSA) is 68.4 Å². The van der Waals surface area contributed by atoms with E-state index >= 15 is 0 Å². The van der Waals surface area contributed by atoms with Crippen LogP contribution in [0.3, 0.4) is 0 Å². The molecule has 0 fully saturated rings. The third-order valence-electron chi connectivity index (χ3n) is 4.05. The minimum atomic E-state index is -0.395. The quantitative estimate of drug-likeness (QED) is 0.529. The maximum absolute atomic E-state index is 12.2. The van der Waals surface area contributed by atoms with E-state index in [9.17, 15) is 9.59 Å². The highest BCUT2D eigenvalue weighted by Crippen LogP contribution is 2.20. The molecule has 0 radical (unpaired) electrons. The molecule has 1 aromatic heterocycles. The molecule has 0 unspecified atom stereocenters. The molecular formula is C20H19NO4. The number of ether oxygens (including phenoxy) is 2. The van der Waals surface area contributed by atoms with E-state index in [1.165, 1.54) is 7.11 Å². The highest BCUT2D eigenvalue weighted by molar-refractivity contribution is 6.00. The number of ketones is 1. The largest absolute Gasteiger partial charge is 0.496 e. The minimum absolute atomic E-state index is 0.223. The Hall–Kier alpha value is -3.08. The average molecular weight is 337 g/mol. The van der Waals surface area contributed by atoms with Crippen LogP contribution < -0.4 is 4.74 Å². The molecule has 1 N–H and O–H groups in total. The summed E-state index contributed by atoms with van der Waals surface area (Å²) >= 11 is 0. The summed E-state index contributed by atoms with van der Waals surface area (Å²) in [5, 5.41) is 1.10. The fourth-order valence-electron chi connectivity index (χ4n) is 2.75. The van der Waals surface area contributed by atoms with Gasteiger partial charge in [-0.2, -0.15) is 0 Å². The number of aromatic amines is 1. The molecule has 0 saturated heterocycles. The van der Waals surface area contributed by atoms with Gasteiger partial charge in [0.1, 0.15) is 5.75 Å². The zero-order valence-corrected chi connectivity index (χ0v) is 14.0. The maximum atomic E-state index is 12.2. The van der Waals surface area contributed by atoms with Gasteiger partial charge in [-0.05, 0) is 30.2 Å². The molecule has 0 aliphatic carbocycles. The minimum Gasteiger partial charge on any atom is -0.496 e. The molecule has 3 aromatic rings. The number of hydrogen-bond acceptors (Lipinski definition) is 4. The number of carbonyl (C=O) groups excluding carboxylic acids is 2. The molecule has 3 rings (SSSR count). The van der Waals surface area contributed by atoms with Crippen LogP contribution in [0.25, 0.3) is 10.9 Å². The number of Topliss-reactive ketones (excluding diaryl/α,β-unsaturated/α-hetero) is 1. The highest BCUT2D eigenvalue weighted by atomic mass is 16.5. The van der Waals surface area contributed by atoms with Crippen molar-refractivity contribution in [1.82, 2.24) is 4.98 Å². The molecular weight excluding hydrogens is 318 g/mol. The summed E-state index contributed by atoms with van der Waals surface area (Å²) in [6.07, 6.45) is 2.69. The fraction of sp³-hybridized carbons (Fsp3) is 0.200. The third kappa shape index (κ3) is 3.88. The van der Waals surface area contributed by atoms with Gasteiger partial charge in [-0.1, -0.05) is 30.3 Å². The first kappa shape index (κ1) is 16.8. The Kier molecular flexibility index (Phi) is 5.14. The van der Waals surface area contributed by atoms with Gasteiger partial charge in [0.15, 0.2) is 6.61 Å². The Morgan fingerprint density at radius 3 is 2.64 bits per heavy atom. The molecule has 25 heavy (non-hydrogen) atoms. The van der Waals surface area contributed by atoms with Gasteiger partial charge in [-0.3, -0.25) is 9.59 Å². The Balaban J connectivity index is 1.54. The number of benzene rings is 2. The normalized spacial score (nSPS) is 10.6. The third-order valence-corrected chi connectivity index (χ3v) is 4.05. The summed E-state index contributed by atoms with van der Waals surface area (Å²) in [5.41, 5.74) is 2.51. The number of methoxy groups -OCH3 is 1. The van der Waals surface area contributed by atoms with Crippen molar-refractivity contribution in [2.75, 3.05) is 13.7 Å². The average Bonchev–Trinajstić information content (AvgIpc) is 3.07. The van der Waals surface area contributed by atoms with Crippen LogP contribution in [0.2, 0.25) is 0 Å². The Morgan fingerprint density at radius 2 is 1.80 bits per heavy atom. The zero-order valence-electron chi connectivity index (χ0n) is 14.0. The van der Waals surface area contributed by atoms with Crippen molar-refractivity contribution in [3.05, 3.63) is 65.9 Å². The fourth-order valence-corrected chi connectivity index (χ4v) is 2.75. The van der Waals surface area contributed by atoms with Gasteiger partial charge in [-0.15, -0.1) is 0 Å². The predicted octanol–water partition coefficient (Wildman–Crippen LogP) is 3.54. The van der Waals surface area contributed by atoms with Crippen molar-refractivity contribution < 1.29 is 19.1 Å². The number of para-hydroxylation sites is 2. The monoisotopic (exact) mass is 337 g/mol. The van der Waals surface area contributed by atoms with E-state index < -0.39 is 5.97 Å². The van der Waals surface area contributed by atoms with Crippen LogP contribution in [0.1, 0.15) is 22.3 Å². The molecule has 0 amide bonds. The molecule has 0 bridgehead atoms. The first-order chi connectivity index (χ1) is 12.2. The second kappa shape index (κ2) is 7.66. The van der Waals surface area contributed by atoms with Crippen LogP contribution >= 0.6 is 0 Å². The van der Waals surface area contributed by atoms with Crippen LogP contribution in [0, 0.1) is 0 Å². The van der Waals surface area contributed by atoms with Crippen LogP contribution in [0.4, 0.5) is 0 Å². The van der Waals surface area contributed by atoms with Gasteiger partial charge in [0.25, 0.3) is 0 Å². The second-order valence-electron chi connectivity index (χ2n) is 5.64. The molecule has 5 nitrogen and oxygen atoms in total. The Bertz CT molecular complexity index is 897. The summed E-state index contributed by atoms with van der Waals surface area (Å²) in [7, 11) is 1.50. The van der Waals surface area contributed by atoms with Gasteiger partial charge in [0.2, 0.25) is 5.78 Å². The van der Waals surface area contributed by atoms with Crippen LogP contribution in [-0.2, 0) is 16.0 Å². The van der Waals surface area contributed by atoms with Crippen molar-refractivity contribution in [2.45, 2.75) is 12.8 Å². The lowest BCUT2D eigenvalue weighted by molar-refractivity contribution is -0.142. The molecule has 0 spiro atoms. The number of nitrogens with one attached hydrogen (secondary N) is 1. The van der Waals surface area contributed by atoms with E-state index in [2.05, 4.69) is 4.98 Å². The number of rotatable bonds is 7. The molecule has 0 aliphatic heterocycles. The molecule has 5 heteroatoms. The standard InChI is InChI=1S/C20H19NO4/c1-24-19-9-5-3-7-16(19)18(22)13-25-20(23)11-10-14-12-21-17-8-4-2-6-15(14)17/h2-9,12,21H,10-11,13H2,1H3. The van der Waals surface area contributed by atoms with Crippen molar-refractivity contribution in [2.24, 2.45) is 0 Å². The van der Waals surface area contributed by atoms with Gasteiger partial charge < -0.3 is 14.5 Å². The zero-order chi connectivity index (χ0) is 17.6. The number of esters is 1. The van der Waals surface area contributed by atoms with Crippen LogP contribution in [0.5, 0.6) is 5.75 Å². The smallest absolute Gasteiger partial charge is 0.306 e. The van der Waals surface area contributed by atoms with Crippen molar-refractivity contribution in [3.63, 3.8) is 0 Å². The number of aromatic nitrogens is 1. The van der Waals surface area contributed by atoms with Gasteiger partial charge in [0.05, 0.1) is 12.7 Å². The van der Waals surface area contributed by atoms with E-state index in [1.807, 2.05) is 30.5 Å². The van der Waals surface area contributed by atoms with Gasteiger partial charge in [-0.25, -0.2) is 0 Å². The number of H-pyrrole nitrogens is 1. The van der Waals surface area contributed by atoms with Crippen LogP contribution in [0.15, 0.2) is 54.7 Å². The van der Waals surface area contributed by atoms with E-state index in [1.54, 1.807) is 24.3 Å². The summed E-state index contributed by atoms with van der Waals surface area (Å²) in [4.78, 5) is 27.3. The number of aryl methyl sites for hydroxylation is 1. The molecule has 128 valence electrons. The van der Waals surface area contributed by atoms with Gasteiger partial charge in [0, 0.05) is 23.5 Å². The highest BCUT2D eigenvalue weighted by Gasteiger charge is 2.14. The Labute approximate surface area is 145 Å². The number of carbonyl (C=O) groups is 2. The van der Waals surface area contributed by atoms with E-state index in [0.717, 1.165) is 16.5 Å². The summed E-state index contributed by atoms with van der Waals surface area (Å²) in [6, 6.07) is 14.8. The first-order valence-electron chi connectivity index (χ1n) is 8.06. The number of fused-ring (bicyclic) bond motifs is 1. The molecule has 1 heterocycles. The summed E-state index contributed by atoms with van der Waals surface area (Å²) in [6.45, 7) is -0.285. The van der Waals surface area contributed by atoms with E-state index in [4.69, 9.17) is 9.47 Å². The maximum Gasteiger partial charge on any atom is 0.306 e. The molecule has 0 aliphatic rings. The SMILES string of the molecule is COc1ccccc1C(=O)COC(=O)CCc1c[nH]c2ccccc12. The second-order valence-corrected chi connectivity index (χ2v) is 5.64. The van der Waals surface area contributed by atoms with Gasteiger partial charge >= 0.3 is 5.97 Å². The van der Waals surface area contributed by atoms with E-state index in [-0.39, 0.29) is 18.8 Å². The van der Waals surface area contributed by atoms with Crippen molar-refractivity contribution in [1.29, 1.82) is 0 Å². The number of hydrogen-bond donors (Lipinski definition) is 1. The van der Waals surface area contributed by atoms with Crippen molar-refractivity contribution >= 4 is 22.7 Å². The first-order valence-corrected chi connectivity index (χ1v) is 8.06. The molecule has 2 aromatic carbocycles. The van der Waals surface area contributed by atoms with E-state index in [0.29, 0.717) is 17.7 Å². The Morgan fingerprint density at radius 1 is 1.04 bits per heavy atom. The lowest BCUT2D eigenvalue weighted by atomic mass is 10.1. The summed E-state index contributed by atoms with van der Waals surface area (Å²) < 4.78 is 10.3. The van der Waals surface area contributed by atoms with Crippen molar-refractivity contribution in [3.8, 4) is 5.75 Å². The lowest BCUT2D eigenvalue weighted by Crippen LogP contribution is -2.15. The molecule has 0 saturated carbocycles. The lowest BCUT2D eigenvalue weighted by Gasteiger charge is -2.08. The predicted molar refractivity (Wildman–Crippen MR) is 94.9 cm³/mol. The summed E-state index contributed by atoms with van der Waals surface area (Å²) in [5.74, 6) is -0.200.